The third-order valence-electron chi connectivity index (χ3n) is 2.15. The largest absolute Gasteiger partial charge is 0.294 e. The molecule has 15 heavy (non-hydrogen) atoms. The van der Waals surface area contributed by atoms with E-state index in [4.69, 9.17) is 11.6 Å². The molecule has 0 amide bonds. The van der Waals surface area contributed by atoms with Gasteiger partial charge in [-0.15, -0.1) is 0 Å². The maximum Gasteiger partial charge on any atom is 0.166 e. The second-order valence-corrected chi connectivity index (χ2v) is 4.90. The van der Waals surface area contributed by atoms with Gasteiger partial charge in [-0.25, -0.2) is 0 Å². The first kappa shape index (κ1) is 12.7. The number of hydrogen-bond acceptors (Lipinski definition) is 1. The number of halogens is 2. The zero-order valence-corrected chi connectivity index (χ0v) is 11.4. The molecule has 0 saturated heterocycles. The summed E-state index contributed by atoms with van der Waals surface area (Å²) < 4.78 is 0.958. The summed E-state index contributed by atoms with van der Waals surface area (Å²) in [6.07, 6.45) is 1.25. The maximum absolute atomic E-state index is 11.8. The Morgan fingerprint density at radius 1 is 1.53 bits per heavy atom. The summed E-state index contributed by atoms with van der Waals surface area (Å²) in [7, 11) is 0. The number of carbonyl (C=O) groups excluding carboxylic acids is 1. The molecule has 3 heteroatoms. The molecule has 0 unspecified atom stereocenters. The summed E-state index contributed by atoms with van der Waals surface area (Å²) in [6.45, 7) is 5.82. The zero-order valence-electron chi connectivity index (χ0n) is 8.52. The van der Waals surface area contributed by atoms with E-state index in [1.54, 1.807) is 12.1 Å². The maximum atomic E-state index is 11.8. The smallest absolute Gasteiger partial charge is 0.166 e. The van der Waals surface area contributed by atoms with Gasteiger partial charge in [0.25, 0.3) is 0 Å². The number of Topliss-reactive ketones (excluding diaryl/α,β-unsaturated/α-hetero) is 1. The van der Waals surface area contributed by atoms with Crippen molar-refractivity contribution in [3.8, 4) is 0 Å². The van der Waals surface area contributed by atoms with Crippen molar-refractivity contribution in [2.75, 3.05) is 0 Å². The number of allylic oxidation sites excluding steroid dienone is 1. The molecule has 0 aliphatic carbocycles. The van der Waals surface area contributed by atoms with Crippen molar-refractivity contribution >= 4 is 40.0 Å². The zero-order chi connectivity index (χ0) is 11.4. The van der Waals surface area contributed by atoms with Gasteiger partial charge in [-0.2, -0.15) is 0 Å². The van der Waals surface area contributed by atoms with Crippen LogP contribution in [0, 0.1) is 3.57 Å². The molecular formula is C12H12ClIO. The Bertz CT molecular complexity index is 399. The van der Waals surface area contributed by atoms with Crippen molar-refractivity contribution in [2.24, 2.45) is 0 Å². The monoisotopic (exact) mass is 334 g/mol. The van der Waals surface area contributed by atoms with Gasteiger partial charge in [-0.05, 0) is 41.1 Å². The third kappa shape index (κ3) is 3.61. The summed E-state index contributed by atoms with van der Waals surface area (Å²) in [5.41, 5.74) is 1.62. The van der Waals surface area contributed by atoms with Crippen molar-refractivity contribution in [1.82, 2.24) is 0 Å². The number of carbonyl (C=O) groups is 1. The fourth-order valence-electron chi connectivity index (χ4n) is 1.12. The van der Waals surface area contributed by atoms with Crippen LogP contribution in [0.15, 0.2) is 30.4 Å². The lowest BCUT2D eigenvalue weighted by Crippen LogP contribution is -2.00. The molecule has 0 heterocycles. The molecule has 1 nitrogen and oxygen atoms in total. The van der Waals surface area contributed by atoms with E-state index in [-0.39, 0.29) is 5.78 Å². The Balaban J connectivity index is 2.83. The molecule has 0 aliphatic heterocycles. The van der Waals surface area contributed by atoms with Crippen LogP contribution in [0.1, 0.15) is 30.1 Å². The molecule has 0 spiro atoms. The van der Waals surface area contributed by atoms with E-state index in [9.17, 15) is 4.79 Å². The average Bonchev–Trinajstić information content (AvgIpc) is 2.21. The number of hydrogen-bond donors (Lipinski definition) is 0. The van der Waals surface area contributed by atoms with E-state index >= 15 is 0 Å². The molecule has 1 aromatic carbocycles. The first-order valence-corrected chi connectivity index (χ1v) is 6.15. The van der Waals surface area contributed by atoms with Gasteiger partial charge >= 0.3 is 0 Å². The molecule has 0 aromatic heterocycles. The highest BCUT2D eigenvalue weighted by atomic mass is 127. The lowest BCUT2D eigenvalue weighted by Gasteiger charge is -2.03. The standard InChI is InChI=1S/C12H12ClIO/c1-3-8(2)6-12(15)9-4-5-11(14)10(13)7-9/h4-5,7H,2-3,6H2,1H3. The van der Waals surface area contributed by atoms with Crippen LogP contribution in [-0.2, 0) is 0 Å². The van der Waals surface area contributed by atoms with E-state index in [1.807, 2.05) is 13.0 Å². The van der Waals surface area contributed by atoms with Crippen LogP contribution in [0.4, 0.5) is 0 Å². The van der Waals surface area contributed by atoms with Crippen LogP contribution in [0.5, 0.6) is 0 Å². The fourth-order valence-corrected chi connectivity index (χ4v) is 1.64. The first-order valence-electron chi connectivity index (χ1n) is 4.69. The molecule has 0 bridgehead atoms. The molecule has 1 aromatic rings. The molecule has 0 aliphatic rings. The number of ketones is 1. The molecule has 0 radical (unpaired) electrons. The number of rotatable bonds is 4. The third-order valence-corrected chi connectivity index (χ3v) is 3.72. The van der Waals surface area contributed by atoms with E-state index < -0.39 is 0 Å². The molecule has 0 fully saturated rings. The van der Waals surface area contributed by atoms with Gasteiger partial charge in [0.05, 0.1) is 5.02 Å². The molecule has 0 atom stereocenters. The predicted octanol–water partition coefficient (Wildman–Crippen LogP) is 4.48. The average molecular weight is 335 g/mol. The SMILES string of the molecule is C=C(CC)CC(=O)c1ccc(I)c(Cl)c1. The molecule has 0 saturated carbocycles. The van der Waals surface area contributed by atoms with E-state index in [1.165, 1.54) is 0 Å². The highest BCUT2D eigenvalue weighted by molar-refractivity contribution is 14.1. The van der Waals surface area contributed by atoms with Crippen molar-refractivity contribution in [3.63, 3.8) is 0 Å². The minimum absolute atomic E-state index is 0.0835. The van der Waals surface area contributed by atoms with Crippen LogP contribution in [0.3, 0.4) is 0 Å². The Morgan fingerprint density at radius 2 is 2.20 bits per heavy atom. The molecular weight excluding hydrogens is 322 g/mol. The molecule has 0 N–H and O–H groups in total. The minimum atomic E-state index is 0.0835. The normalized spacial score (nSPS) is 10.1. The number of benzene rings is 1. The predicted molar refractivity (Wildman–Crippen MR) is 72.5 cm³/mol. The fraction of sp³-hybridized carbons (Fsp3) is 0.250. The highest BCUT2D eigenvalue weighted by Crippen LogP contribution is 2.21. The Hall–Kier alpha value is -0.350. The Kier molecular flexibility index (Phi) is 4.80. The van der Waals surface area contributed by atoms with E-state index in [2.05, 4.69) is 29.2 Å². The van der Waals surface area contributed by atoms with Crippen molar-refractivity contribution < 1.29 is 4.79 Å². The van der Waals surface area contributed by atoms with E-state index in [0.717, 1.165) is 15.6 Å². The van der Waals surface area contributed by atoms with Crippen LogP contribution in [0.25, 0.3) is 0 Å². The Morgan fingerprint density at radius 3 is 2.73 bits per heavy atom. The van der Waals surface area contributed by atoms with Gasteiger partial charge in [0, 0.05) is 15.6 Å². The minimum Gasteiger partial charge on any atom is -0.294 e. The van der Waals surface area contributed by atoms with Crippen molar-refractivity contribution in [2.45, 2.75) is 19.8 Å². The quantitative estimate of drug-likeness (QED) is 0.451. The van der Waals surface area contributed by atoms with Crippen molar-refractivity contribution in [3.05, 3.63) is 44.5 Å². The summed E-state index contributed by atoms with van der Waals surface area (Å²) in [5, 5.41) is 0.628. The lowest BCUT2D eigenvalue weighted by atomic mass is 10.0. The molecule has 1 rings (SSSR count). The topological polar surface area (TPSA) is 17.1 Å². The first-order chi connectivity index (χ1) is 7.04. The lowest BCUT2D eigenvalue weighted by molar-refractivity contribution is 0.0992. The van der Waals surface area contributed by atoms with Gasteiger partial charge in [-0.1, -0.05) is 36.7 Å². The van der Waals surface area contributed by atoms with Crippen LogP contribution in [-0.4, -0.2) is 5.78 Å². The summed E-state index contributed by atoms with van der Waals surface area (Å²) in [6, 6.07) is 5.37. The van der Waals surface area contributed by atoms with Gasteiger partial charge in [0.1, 0.15) is 0 Å². The Labute approximate surface area is 109 Å². The van der Waals surface area contributed by atoms with E-state index in [0.29, 0.717) is 17.0 Å². The van der Waals surface area contributed by atoms with Crippen LogP contribution < -0.4 is 0 Å². The van der Waals surface area contributed by atoms with Gasteiger partial charge in [0.2, 0.25) is 0 Å². The van der Waals surface area contributed by atoms with Gasteiger partial charge in [-0.3, -0.25) is 4.79 Å². The van der Waals surface area contributed by atoms with Gasteiger partial charge in [0.15, 0.2) is 5.78 Å². The van der Waals surface area contributed by atoms with Crippen LogP contribution in [0.2, 0.25) is 5.02 Å². The summed E-state index contributed by atoms with van der Waals surface area (Å²) in [4.78, 5) is 11.8. The van der Waals surface area contributed by atoms with Gasteiger partial charge < -0.3 is 0 Å². The van der Waals surface area contributed by atoms with Crippen LogP contribution >= 0.6 is 34.2 Å². The summed E-state index contributed by atoms with van der Waals surface area (Å²) in [5.74, 6) is 0.0835. The molecule has 80 valence electrons. The van der Waals surface area contributed by atoms with Crippen molar-refractivity contribution in [1.29, 1.82) is 0 Å². The highest BCUT2D eigenvalue weighted by Gasteiger charge is 2.08. The second kappa shape index (κ2) is 5.66. The summed E-state index contributed by atoms with van der Waals surface area (Å²) >= 11 is 8.08. The second-order valence-electron chi connectivity index (χ2n) is 3.33.